The first kappa shape index (κ1) is 28.0. The van der Waals surface area contributed by atoms with Gasteiger partial charge in [0.25, 0.3) is 17.4 Å². The van der Waals surface area contributed by atoms with Gasteiger partial charge in [0.2, 0.25) is 0 Å². The van der Waals surface area contributed by atoms with Crippen LogP contribution in [0.2, 0.25) is 10.0 Å². The monoisotopic (exact) mass is 583 g/mol. The average Bonchev–Trinajstić information content (AvgIpc) is 3.38. The SMILES string of the molecule is Cc1cc(C2=NO[C@@](c3cc(Cl)cc(Cl)c3)(C(F)(F)F)C2)ccc1C(=O)N[C@@H]1CON(CC(F)(F)F)C1=O. The molecule has 2 aliphatic heterocycles. The Balaban J connectivity index is 1.51. The number of rotatable bonds is 5. The number of alkyl halides is 6. The zero-order chi connectivity index (χ0) is 28.0. The van der Waals surface area contributed by atoms with Crippen LogP contribution in [0.3, 0.4) is 0 Å². The third-order valence-corrected chi connectivity index (χ3v) is 6.32. The van der Waals surface area contributed by atoms with Gasteiger partial charge in [-0.1, -0.05) is 34.4 Å². The van der Waals surface area contributed by atoms with Crippen LogP contribution in [0.5, 0.6) is 0 Å². The summed E-state index contributed by atoms with van der Waals surface area (Å²) in [7, 11) is 0. The predicted octanol–water partition coefficient (Wildman–Crippen LogP) is 5.32. The zero-order valence-corrected chi connectivity index (χ0v) is 20.7. The molecule has 0 spiro atoms. The molecule has 7 nitrogen and oxygen atoms in total. The molecule has 2 atom stereocenters. The molecule has 1 fully saturated rings. The van der Waals surface area contributed by atoms with Gasteiger partial charge in [-0.05, 0) is 48.4 Å². The molecule has 38 heavy (non-hydrogen) atoms. The summed E-state index contributed by atoms with van der Waals surface area (Å²) in [5, 5.41) is 6.05. The van der Waals surface area contributed by atoms with Crippen LogP contribution in [0.25, 0.3) is 0 Å². The molecule has 0 bridgehead atoms. The molecule has 0 aromatic heterocycles. The van der Waals surface area contributed by atoms with E-state index in [9.17, 15) is 35.9 Å². The summed E-state index contributed by atoms with van der Waals surface area (Å²) in [6, 6.07) is 6.14. The van der Waals surface area contributed by atoms with E-state index in [0.717, 1.165) is 12.1 Å². The quantitative estimate of drug-likeness (QED) is 0.483. The lowest BCUT2D eigenvalue weighted by atomic mass is 9.86. The van der Waals surface area contributed by atoms with E-state index >= 15 is 0 Å². The number of carbonyl (C=O) groups is 2. The highest BCUT2D eigenvalue weighted by Gasteiger charge is 2.62. The van der Waals surface area contributed by atoms with Gasteiger partial charge >= 0.3 is 12.4 Å². The Morgan fingerprint density at radius 1 is 1.13 bits per heavy atom. The molecule has 0 unspecified atom stereocenters. The first-order valence-corrected chi connectivity index (χ1v) is 11.6. The van der Waals surface area contributed by atoms with Gasteiger partial charge in [-0.15, -0.1) is 0 Å². The Morgan fingerprint density at radius 2 is 1.79 bits per heavy atom. The molecule has 2 aromatic rings. The minimum absolute atomic E-state index is 0.0212. The van der Waals surface area contributed by atoms with Crippen molar-refractivity contribution in [1.82, 2.24) is 10.4 Å². The number of benzene rings is 2. The highest BCUT2D eigenvalue weighted by molar-refractivity contribution is 6.34. The fourth-order valence-corrected chi connectivity index (χ4v) is 4.57. The lowest BCUT2D eigenvalue weighted by Gasteiger charge is -2.29. The maximum atomic E-state index is 14.2. The van der Waals surface area contributed by atoms with Crippen LogP contribution in [-0.4, -0.2) is 54.1 Å². The van der Waals surface area contributed by atoms with E-state index in [-0.39, 0.29) is 37.5 Å². The molecular formula is C23H17Cl2F6N3O4. The van der Waals surface area contributed by atoms with Crippen LogP contribution < -0.4 is 5.32 Å². The molecule has 0 aliphatic carbocycles. The zero-order valence-electron chi connectivity index (χ0n) is 19.2. The number of hydrogen-bond donors (Lipinski definition) is 1. The van der Waals surface area contributed by atoms with E-state index < -0.39 is 55.4 Å². The number of aryl methyl sites for hydroxylation is 1. The van der Waals surface area contributed by atoms with E-state index in [4.69, 9.17) is 32.9 Å². The van der Waals surface area contributed by atoms with E-state index in [1.807, 2.05) is 0 Å². The molecule has 2 aromatic carbocycles. The van der Waals surface area contributed by atoms with Crippen LogP contribution in [0.15, 0.2) is 41.6 Å². The fourth-order valence-electron chi connectivity index (χ4n) is 4.04. The average molecular weight is 584 g/mol. The minimum atomic E-state index is -4.89. The Kier molecular flexibility index (Phi) is 7.32. The van der Waals surface area contributed by atoms with Crippen molar-refractivity contribution >= 4 is 40.7 Å². The Morgan fingerprint density at radius 3 is 2.37 bits per heavy atom. The van der Waals surface area contributed by atoms with Crippen molar-refractivity contribution in [2.75, 3.05) is 13.2 Å². The number of nitrogens with zero attached hydrogens (tertiary/aromatic N) is 2. The standard InChI is InChI=1S/C23H17Cl2F6N3O4/c1-11-4-12(2-3-16(11)19(35)32-18-9-37-34(20(18)36)10-22(26,27)28)17-8-21(38-33-17,23(29,30)31)13-5-14(24)7-15(25)6-13/h2-7,18H,8-10H2,1H3,(H,32,35)/t18-,21+/m1/s1. The van der Waals surface area contributed by atoms with Crippen molar-refractivity contribution < 1.29 is 45.6 Å². The van der Waals surface area contributed by atoms with Crippen molar-refractivity contribution in [3.63, 3.8) is 0 Å². The lowest BCUT2D eigenvalue weighted by molar-refractivity contribution is -0.275. The summed E-state index contributed by atoms with van der Waals surface area (Å²) in [6.07, 6.45) is -10.3. The Labute approximate surface area is 221 Å². The van der Waals surface area contributed by atoms with E-state index in [1.54, 1.807) is 0 Å². The maximum absolute atomic E-state index is 14.2. The Bertz CT molecular complexity index is 1300. The third-order valence-electron chi connectivity index (χ3n) is 5.89. The topological polar surface area (TPSA) is 80.2 Å². The number of amides is 2. The number of hydrogen-bond acceptors (Lipinski definition) is 5. The minimum Gasteiger partial charge on any atom is -0.374 e. The normalized spacial score (nSPS) is 21.9. The summed E-state index contributed by atoms with van der Waals surface area (Å²) >= 11 is 11.8. The fraction of sp³-hybridized carbons (Fsp3) is 0.348. The molecule has 1 saturated heterocycles. The van der Waals surface area contributed by atoms with Crippen LogP contribution in [0.4, 0.5) is 26.3 Å². The van der Waals surface area contributed by atoms with Gasteiger partial charge in [-0.25, -0.2) is 5.06 Å². The summed E-state index contributed by atoms with van der Waals surface area (Å²) in [5.41, 5.74) is -2.66. The molecule has 2 amide bonds. The van der Waals surface area contributed by atoms with Gasteiger partial charge in [0.1, 0.15) is 19.2 Å². The van der Waals surface area contributed by atoms with Gasteiger partial charge in [-0.3, -0.25) is 14.4 Å². The van der Waals surface area contributed by atoms with Gasteiger partial charge in [0.05, 0.1) is 5.71 Å². The molecule has 0 radical (unpaired) electrons. The van der Waals surface area contributed by atoms with E-state index in [1.165, 1.54) is 31.2 Å². The lowest BCUT2D eigenvalue weighted by Crippen LogP contribution is -2.44. The first-order chi connectivity index (χ1) is 17.6. The number of carbonyl (C=O) groups excluding carboxylic acids is 2. The maximum Gasteiger partial charge on any atom is 0.435 e. The largest absolute Gasteiger partial charge is 0.435 e. The summed E-state index contributed by atoms with van der Waals surface area (Å²) in [4.78, 5) is 34.5. The second-order valence-electron chi connectivity index (χ2n) is 8.63. The summed E-state index contributed by atoms with van der Waals surface area (Å²) < 4.78 is 80.3. The van der Waals surface area contributed by atoms with Crippen molar-refractivity contribution in [2.45, 2.75) is 37.3 Å². The molecule has 15 heteroatoms. The molecule has 1 N–H and O–H groups in total. The predicted molar refractivity (Wildman–Crippen MR) is 123 cm³/mol. The van der Waals surface area contributed by atoms with E-state index in [0.29, 0.717) is 5.56 Å². The number of oxime groups is 1. The van der Waals surface area contributed by atoms with Crippen molar-refractivity contribution in [1.29, 1.82) is 0 Å². The van der Waals surface area contributed by atoms with Gasteiger partial charge in [-0.2, -0.15) is 26.3 Å². The first-order valence-electron chi connectivity index (χ1n) is 10.8. The van der Waals surface area contributed by atoms with Crippen molar-refractivity contribution in [3.8, 4) is 0 Å². The molecule has 204 valence electrons. The highest BCUT2D eigenvalue weighted by Crippen LogP contribution is 2.49. The molecule has 0 saturated carbocycles. The van der Waals surface area contributed by atoms with Crippen LogP contribution in [0, 0.1) is 6.92 Å². The summed E-state index contributed by atoms with van der Waals surface area (Å²) in [6.45, 7) is -0.624. The Hall–Kier alpha value is -3.03. The number of halogens is 8. The smallest absolute Gasteiger partial charge is 0.374 e. The van der Waals surface area contributed by atoms with Gasteiger partial charge in [0.15, 0.2) is 0 Å². The van der Waals surface area contributed by atoms with Gasteiger partial charge in [0, 0.05) is 27.6 Å². The van der Waals surface area contributed by atoms with Crippen molar-refractivity contribution in [2.24, 2.45) is 5.16 Å². The van der Waals surface area contributed by atoms with Crippen LogP contribution in [-0.2, 0) is 20.1 Å². The number of nitrogens with one attached hydrogen (secondary N) is 1. The molecular weight excluding hydrogens is 567 g/mol. The molecule has 2 heterocycles. The van der Waals surface area contributed by atoms with Crippen LogP contribution >= 0.6 is 23.2 Å². The molecule has 2 aliphatic rings. The second kappa shape index (κ2) is 9.93. The second-order valence-corrected chi connectivity index (χ2v) is 9.50. The highest BCUT2D eigenvalue weighted by atomic mass is 35.5. The van der Waals surface area contributed by atoms with E-state index in [2.05, 4.69) is 10.5 Å². The van der Waals surface area contributed by atoms with Crippen LogP contribution in [0.1, 0.15) is 33.5 Å². The van der Waals surface area contributed by atoms with Gasteiger partial charge < -0.3 is 10.2 Å². The number of hydroxylamine groups is 2. The van der Waals surface area contributed by atoms with Crippen molar-refractivity contribution in [3.05, 3.63) is 68.7 Å². The third kappa shape index (κ3) is 5.54. The summed E-state index contributed by atoms with van der Waals surface area (Å²) in [5.74, 6) is -1.85. The molecule has 4 rings (SSSR count).